The second-order valence-corrected chi connectivity index (χ2v) is 5.46. The minimum Gasteiger partial charge on any atom is -0.374 e. The number of nitrogens with zero attached hydrogens (tertiary/aromatic N) is 3. The molecule has 1 aromatic carbocycles. The van der Waals surface area contributed by atoms with Gasteiger partial charge in [-0.3, -0.25) is 4.79 Å². The molecule has 5 nitrogen and oxygen atoms in total. The van der Waals surface area contributed by atoms with Gasteiger partial charge in [-0.2, -0.15) is 0 Å². The van der Waals surface area contributed by atoms with Crippen LogP contribution in [0.15, 0.2) is 30.6 Å². The van der Waals surface area contributed by atoms with Gasteiger partial charge in [0, 0.05) is 45.1 Å². The Kier molecular flexibility index (Phi) is 3.64. The summed E-state index contributed by atoms with van der Waals surface area (Å²) in [4.78, 5) is 18.2. The second-order valence-electron chi connectivity index (χ2n) is 5.46. The summed E-state index contributed by atoms with van der Waals surface area (Å²) in [5, 5.41) is 2.64. The number of anilines is 1. The molecule has 110 valence electrons. The molecule has 5 heteroatoms. The van der Waals surface area contributed by atoms with Crippen LogP contribution in [0.2, 0.25) is 0 Å². The molecule has 21 heavy (non-hydrogen) atoms. The summed E-state index contributed by atoms with van der Waals surface area (Å²) in [6.07, 6.45) is 5.46. The lowest BCUT2D eigenvalue weighted by Gasteiger charge is -2.12. The van der Waals surface area contributed by atoms with E-state index in [1.165, 1.54) is 16.8 Å². The molecule has 0 radical (unpaired) electrons. The van der Waals surface area contributed by atoms with Gasteiger partial charge < -0.3 is 14.8 Å². The van der Waals surface area contributed by atoms with E-state index in [2.05, 4.69) is 40.4 Å². The number of aromatic nitrogens is 2. The molecule has 1 N–H and O–H groups in total. The summed E-state index contributed by atoms with van der Waals surface area (Å²) in [5.74, 6) is 0.912. The van der Waals surface area contributed by atoms with E-state index in [0.29, 0.717) is 6.54 Å². The van der Waals surface area contributed by atoms with Crippen LogP contribution in [0.25, 0.3) is 0 Å². The SMILES string of the molecule is CNC(=O)Cn1ccnc1Cc1ccc2c(c1)CCN2C. The zero-order valence-electron chi connectivity index (χ0n) is 12.5. The van der Waals surface area contributed by atoms with Gasteiger partial charge in [0.25, 0.3) is 0 Å². The standard InChI is InChI=1S/C16H20N4O/c1-17-16(21)11-20-8-6-18-15(20)10-12-3-4-14-13(9-12)5-7-19(14)2/h3-4,6,8-9H,5,7,10-11H2,1-2H3,(H,17,21). The third kappa shape index (κ3) is 2.77. The molecular formula is C16H20N4O. The summed E-state index contributed by atoms with van der Waals surface area (Å²) in [7, 11) is 3.78. The maximum absolute atomic E-state index is 11.5. The van der Waals surface area contributed by atoms with E-state index in [1.54, 1.807) is 13.2 Å². The van der Waals surface area contributed by atoms with Crippen LogP contribution in [0.4, 0.5) is 5.69 Å². The molecule has 0 saturated heterocycles. The van der Waals surface area contributed by atoms with Crippen molar-refractivity contribution < 1.29 is 4.79 Å². The zero-order chi connectivity index (χ0) is 14.8. The maximum Gasteiger partial charge on any atom is 0.239 e. The molecule has 1 aliphatic heterocycles. The van der Waals surface area contributed by atoms with E-state index in [-0.39, 0.29) is 5.91 Å². The lowest BCUT2D eigenvalue weighted by Crippen LogP contribution is -2.24. The number of rotatable bonds is 4. The van der Waals surface area contributed by atoms with Crippen LogP contribution >= 0.6 is 0 Å². The number of amides is 1. The number of fused-ring (bicyclic) bond motifs is 1. The highest BCUT2D eigenvalue weighted by Gasteiger charge is 2.16. The van der Waals surface area contributed by atoms with Gasteiger partial charge in [-0.1, -0.05) is 12.1 Å². The first kappa shape index (κ1) is 13.7. The number of benzene rings is 1. The lowest BCUT2D eigenvalue weighted by atomic mass is 10.1. The van der Waals surface area contributed by atoms with Crippen molar-refractivity contribution in [2.45, 2.75) is 19.4 Å². The van der Waals surface area contributed by atoms with E-state index < -0.39 is 0 Å². The summed E-state index contributed by atoms with van der Waals surface area (Å²) in [5.41, 5.74) is 3.97. The Balaban J connectivity index is 1.78. The summed E-state index contributed by atoms with van der Waals surface area (Å²) < 4.78 is 1.90. The van der Waals surface area contributed by atoms with Crippen molar-refractivity contribution in [3.8, 4) is 0 Å². The largest absolute Gasteiger partial charge is 0.374 e. The van der Waals surface area contributed by atoms with Gasteiger partial charge in [-0.15, -0.1) is 0 Å². The van der Waals surface area contributed by atoms with E-state index in [0.717, 1.165) is 25.2 Å². The Morgan fingerprint density at radius 2 is 2.29 bits per heavy atom. The van der Waals surface area contributed by atoms with Crippen LogP contribution in [-0.4, -0.2) is 36.1 Å². The lowest BCUT2D eigenvalue weighted by molar-refractivity contribution is -0.121. The van der Waals surface area contributed by atoms with E-state index >= 15 is 0 Å². The van der Waals surface area contributed by atoms with Crippen LogP contribution in [0, 0.1) is 0 Å². The van der Waals surface area contributed by atoms with Crippen LogP contribution in [-0.2, 0) is 24.2 Å². The molecule has 0 bridgehead atoms. The van der Waals surface area contributed by atoms with Crippen molar-refractivity contribution in [2.75, 3.05) is 25.5 Å². The summed E-state index contributed by atoms with van der Waals surface area (Å²) >= 11 is 0. The van der Waals surface area contributed by atoms with Gasteiger partial charge in [0.2, 0.25) is 5.91 Å². The monoisotopic (exact) mass is 284 g/mol. The van der Waals surface area contributed by atoms with Gasteiger partial charge in [-0.05, 0) is 23.6 Å². The minimum absolute atomic E-state index is 0.00942. The van der Waals surface area contributed by atoms with Crippen LogP contribution in [0.1, 0.15) is 17.0 Å². The molecule has 1 amide bonds. The van der Waals surface area contributed by atoms with E-state index in [1.807, 2.05) is 10.8 Å². The van der Waals surface area contributed by atoms with Crippen molar-refractivity contribution in [2.24, 2.45) is 0 Å². The summed E-state index contributed by atoms with van der Waals surface area (Å²) in [6, 6.07) is 6.60. The fourth-order valence-corrected chi connectivity index (χ4v) is 2.80. The van der Waals surface area contributed by atoms with Gasteiger partial charge in [0.15, 0.2) is 0 Å². The van der Waals surface area contributed by atoms with Crippen molar-refractivity contribution in [1.82, 2.24) is 14.9 Å². The zero-order valence-corrected chi connectivity index (χ0v) is 12.5. The maximum atomic E-state index is 11.5. The minimum atomic E-state index is -0.00942. The third-order valence-electron chi connectivity index (χ3n) is 4.03. The van der Waals surface area contributed by atoms with Gasteiger partial charge in [0.05, 0.1) is 0 Å². The first-order chi connectivity index (χ1) is 10.2. The molecule has 0 unspecified atom stereocenters. The Morgan fingerprint density at radius 1 is 1.43 bits per heavy atom. The topological polar surface area (TPSA) is 50.2 Å². The van der Waals surface area contributed by atoms with Crippen LogP contribution in [0.3, 0.4) is 0 Å². The van der Waals surface area contributed by atoms with Gasteiger partial charge >= 0.3 is 0 Å². The van der Waals surface area contributed by atoms with Gasteiger partial charge in [0.1, 0.15) is 12.4 Å². The molecule has 0 atom stereocenters. The second kappa shape index (κ2) is 5.60. The van der Waals surface area contributed by atoms with Crippen molar-refractivity contribution in [1.29, 1.82) is 0 Å². The normalized spacial score (nSPS) is 13.3. The number of likely N-dealkylation sites (N-methyl/N-ethyl adjacent to an activating group) is 2. The molecule has 0 saturated carbocycles. The molecule has 3 rings (SSSR count). The number of carbonyl (C=O) groups excluding carboxylic acids is 1. The van der Waals surface area contributed by atoms with Crippen molar-refractivity contribution >= 4 is 11.6 Å². The Hall–Kier alpha value is -2.30. The predicted molar refractivity (Wildman–Crippen MR) is 82.5 cm³/mol. The summed E-state index contributed by atoms with van der Waals surface area (Å²) in [6.45, 7) is 1.41. The molecule has 2 heterocycles. The molecule has 0 aliphatic carbocycles. The average Bonchev–Trinajstić information content (AvgIpc) is 3.06. The Morgan fingerprint density at radius 3 is 3.10 bits per heavy atom. The molecule has 2 aromatic rings. The smallest absolute Gasteiger partial charge is 0.239 e. The molecule has 1 aromatic heterocycles. The van der Waals surface area contributed by atoms with Crippen molar-refractivity contribution in [3.05, 3.63) is 47.5 Å². The molecule has 0 fully saturated rings. The average molecular weight is 284 g/mol. The Labute approximate surface area is 124 Å². The third-order valence-corrected chi connectivity index (χ3v) is 4.03. The van der Waals surface area contributed by atoms with E-state index in [9.17, 15) is 4.79 Å². The fourth-order valence-electron chi connectivity index (χ4n) is 2.80. The first-order valence-corrected chi connectivity index (χ1v) is 7.21. The van der Waals surface area contributed by atoms with Gasteiger partial charge in [-0.25, -0.2) is 4.98 Å². The molecular weight excluding hydrogens is 264 g/mol. The highest BCUT2D eigenvalue weighted by molar-refractivity contribution is 5.75. The van der Waals surface area contributed by atoms with Crippen LogP contribution < -0.4 is 10.2 Å². The quantitative estimate of drug-likeness (QED) is 0.918. The highest BCUT2D eigenvalue weighted by atomic mass is 16.1. The number of carbonyl (C=O) groups is 1. The Bertz CT molecular complexity index is 662. The van der Waals surface area contributed by atoms with Crippen molar-refractivity contribution in [3.63, 3.8) is 0 Å². The predicted octanol–water partition coefficient (Wildman–Crippen LogP) is 1.21. The van der Waals surface area contributed by atoms with Crippen LogP contribution in [0.5, 0.6) is 0 Å². The van der Waals surface area contributed by atoms with E-state index in [4.69, 9.17) is 0 Å². The first-order valence-electron chi connectivity index (χ1n) is 7.21. The molecule has 1 aliphatic rings. The molecule has 0 spiro atoms. The number of hydrogen-bond donors (Lipinski definition) is 1. The number of nitrogens with one attached hydrogen (secondary N) is 1. The number of imidazole rings is 1. The highest BCUT2D eigenvalue weighted by Crippen LogP contribution is 2.27. The number of hydrogen-bond acceptors (Lipinski definition) is 3. The fraction of sp³-hybridized carbons (Fsp3) is 0.375.